The quantitative estimate of drug-likeness (QED) is 0.463. The van der Waals surface area contributed by atoms with Crippen molar-refractivity contribution in [2.75, 3.05) is 6.54 Å². The van der Waals surface area contributed by atoms with Crippen LogP contribution in [0.2, 0.25) is 5.02 Å². The zero-order valence-corrected chi connectivity index (χ0v) is 17.3. The van der Waals surface area contributed by atoms with Crippen molar-refractivity contribution in [3.8, 4) is 5.75 Å². The Kier molecular flexibility index (Phi) is 5.60. The van der Waals surface area contributed by atoms with Crippen molar-refractivity contribution >= 4 is 51.4 Å². The molecule has 0 aromatic heterocycles. The molecule has 6 heteroatoms. The summed E-state index contributed by atoms with van der Waals surface area (Å²) in [4.78, 5) is 26.3. The van der Waals surface area contributed by atoms with Gasteiger partial charge in [0, 0.05) is 22.7 Å². The minimum Gasteiger partial charge on any atom is -0.488 e. The number of nitrogens with zero attached hydrogens (tertiary/aromatic N) is 1. The van der Waals surface area contributed by atoms with Gasteiger partial charge in [0.05, 0.1) is 4.91 Å². The van der Waals surface area contributed by atoms with Crippen molar-refractivity contribution in [1.29, 1.82) is 0 Å². The van der Waals surface area contributed by atoms with Crippen LogP contribution in [0.15, 0.2) is 65.6 Å². The molecule has 3 aromatic carbocycles. The number of thioether (sulfide) groups is 1. The lowest BCUT2D eigenvalue weighted by atomic mass is 10.0. The standard InChI is InChI=1S/C23H18ClNO3S/c1-2-25-22(26)21(29-23(25)27)13-18-17-9-5-3-7-15(17)11-12-20(18)28-14-16-8-4-6-10-19(16)24/h3-13H,2,14H2,1H3/b21-13+. The predicted molar refractivity (Wildman–Crippen MR) is 118 cm³/mol. The van der Waals surface area contributed by atoms with E-state index in [1.165, 1.54) is 4.90 Å². The van der Waals surface area contributed by atoms with E-state index in [-0.39, 0.29) is 11.1 Å². The lowest BCUT2D eigenvalue weighted by Gasteiger charge is -2.13. The second-order valence-electron chi connectivity index (χ2n) is 6.50. The van der Waals surface area contributed by atoms with E-state index >= 15 is 0 Å². The van der Waals surface area contributed by atoms with Gasteiger partial charge in [-0.25, -0.2) is 0 Å². The third-order valence-corrected chi connectivity index (χ3v) is 6.01. The van der Waals surface area contributed by atoms with Gasteiger partial charge in [-0.15, -0.1) is 0 Å². The Labute approximate surface area is 178 Å². The average molecular weight is 424 g/mol. The molecule has 1 aliphatic heterocycles. The van der Waals surface area contributed by atoms with Crippen LogP contribution in [0.1, 0.15) is 18.1 Å². The maximum atomic E-state index is 12.6. The van der Waals surface area contributed by atoms with Crippen molar-refractivity contribution in [2.24, 2.45) is 0 Å². The molecule has 2 amide bonds. The number of hydrogen-bond acceptors (Lipinski definition) is 4. The maximum absolute atomic E-state index is 12.6. The van der Waals surface area contributed by atoms with Crippen LogP contribution in [-0.4, -0.2) is 22.6 Å². The number of halogens is 1. The van der Waals surface area contributed by atoms with Gasteiger partial charge in [-0.05, 0) is 47.7 Å². The number of fused-ring (bicyclic) bond motifs is 1. The summed E-state index contributed by atoms with van der Waals surface area (Å²) in [6.45, 7) is 2.44. The van der Waals surface area contributed by atoms with Crippen molar-refractivity contribution in [3.63, 3.8) is 0 Å². The van der Waals surface area contributed by atoms with E-state index in [2.05, 4.69) is 0 Å². The number of ether oxygens (including phenoxy) is 1. The molecule has 1 aliphatic rings. The molecule has 146 valence electrons. The van der Waals surface area contributed by atoms with E-state index < -0.39 is 0 Å². The molecule has 0 unspecified atom stereocenters. The monoisotopic (exact) mass is 423 g/mol. The second kappa shape index (κ2) is 8.31. The van der Waals surface area contributed by atoms with Crippen LogP contribution in [0.3, 0.4) is 0 Å². The summed E-state index contributed by atoms with van der Waals surface area (Å²) in [6.07, 6.45) is 1.75. The van der Waals surface area contributed by atoms with Crippen LogP contribution < -0.4 is 4.74 Å². The van der Waals surface area contributed by atoms with Gasteiger partial charge in [-0.1, -0.05) is 60.1 Å². The second-order valence-corrected chi connectivity index (χ2v) is 7.90. The summed E-state index contributed by atoms with van der Waals surface area (Å²) in [6, 6.07) is 19.3. The van der Waals surface area contributed by atoms with Crippen molar-refractivity contribution in [3.05, 3.63) is 81.7 Å². The SMILES string of the molecule is CCN1C(=O)S/C(=C/c2c(OCc3ccccc3Cl)ccc3ccccc23)C1=O. The highest BCUT2D eigenvalue weighted by molar-refractivity contribution is 8.18. The molecule has 0 saturated carbocycles. The first-order chi connectivity index (χ1) is 14.1. The fraction of sp³-hybridized carbons (Fsp3) is 0.130. The van der Waals surface area contributed by atoms with Gasteiger partial charge in [0.1, 0.15) is 12.4 Å². The van der Waals surface area contributed by atoms with E-state index in [0.29, 0.717) is 28.8 Å². The summed E-state index contributed by atoms with van der Waals surface area (Å²) in [5.74, 6) is 0.361. The number of carbonyl (C=O) groups is 2. The third kappa shape index (κ3) is 3.88. The van der Waals surface area contributed by atoms with Crippen LogP contribution in [0.25, 0.3) is 16.8 Å². The predicted octanol–water partition coefficient (Wildman–Crippen LogP) is 6.13. The normalized spacial score (nSPS) is 15.5. The minimum atomic E-state index is -0.271. The molecule has 3 aromatic rings. The van der Waals surface area contributed by atoms with Crippen LogP contribution in [0.5, 0.6) is 5.75 Å². The molecular weight excluding hydrogens is 406 g/mol. The van der Waals surface area contributed by atoms with Gasteiger partial charge in [0.15, 0.2) is 0 Å². The number of rotatable bonds is 5. The molecule has 1 saturated heterocycles. The zero-order valence-electron chi connectivity index (χ0n) is 15.7. The molecule has 0 spiro atoms. The van der Waals surface area contributed by atoms with Gasteiger partial charge in [-0.3, -0.25) is 14.5 Å². The first-order valence-electron chi connectivity index (χ1n) is 9.22. The molecule has 1 fully saturated rings. The largest absolute Gasteiger partial charge is 0.488 e. The minimum absolute atomic E-state index is 0.248. The molecule has 4 nitrogen and oxygen atoms in total. The summed E-state index contributed by atoms with van der Waals surface area (Å²) in [5, 5.41) is 2.37. The molecule has 0 aliphatic carbocycles. The topological polar surface area (TPSA) is 46.6 Å². The average Bonchev–Trinajstić information content (AvgIpc) is 3.00. The fourth-order valence-electron chi connectivity index (χ4n) is 3.23. The first kappa shape index (κ1) is 19.6. The Hall–Kier alpha value is -2.76. The van der Waals surface area contributed by atoms with Crippen LogP contribution in [-0.2, 0) is 11.4 Å². The smallest absolute Gasteiger partial charge is 0.293 e. The Morgan fingerprint density at radius 1 is 1.03 bits per heavy atom. The Balaban J connectivity index is 1.76. The number of imide groups is 1. The summed E-state index contributed by atoms with van der Waals surface area (Å²) < 4.78 is 6.09. The Morgan fingerprint density at radius 3 is 2.55 bits per heavy atom. The highest BCUT2D eigenvalue weighted by atomic mass is 35.5. The van der Waals surface area contributed by atoms with Crippen LogP contribution >= 0.6 is 23.4 Å². The van der Waals surface area contributed by atoms with Gasteiger partial charge < -0.3 is 4.74 Å². The number of benzene rings is 3. The maximum Gasteiger partial charge on any atom is 0.293 e. The highest BCUT2D eigenvalue weighted by Crippen LogP contribution is 2.37. The van der Waals surface area contributed by atoms with E-state index in [1.807, 2.05) is 60.7 Å². The van der Waals surface area contributed by atoms with Crippen LogP contribution in [0, 0.1) is 0 Å². The van der Waals surface area contributed by atoms with Gasteiger partial charge in [0.2, 0.25) is 0 Å². The molecule has 4 rings (SSSR count). The molecule has 0 N–H and O–H groups in total. The van der Waals surface area contributed by atoms with E-state index in [9.17, 15) is 9.59 Å². The highest BCUT2D eigenvalue weighted by Gasteiger charge is 2.34. The Bertz CT molecular complexity index is 1140. The number of hydrogen-bond donors (Lipinski definition) is 0. The lowest BCUT2D eigenvalue weighted by molar-refractivity contribution is -0.122. The van der Waals surface area contributed by atoms with Crippen LogP contribution in [0.4, 0.5) is 4.79 Å². The fourth-order valence-corrected chi connectivity index (χ4v) is 4.30. The zero-order chi connectivity index (χ0) is 20.4. The summed E-state index contributed by atoms with van der Waals surface area (Å²) in [7, 11) is 0. The lowest BCUT2D eigenvalue weighted by Crippen LogP contribution is -2.27. The molecule has 0 radical (unpaired) electrons. The molecular formula is C23H18ClNO3S. The van der Waals surface area contributed by atoms with E-state index in [0.717, 1.165) is 33.7 Å². The summed E-state index contributed by atoms with van der Waals surface area (Å²) >= 11 is 7.20. The van der Waals surface area contributed by atoms with Gasteiger partial charge >= 0.3 is 0 Å². The van der Waals surface area contributed by atoms with Crippen molar-refractivity contribution < 1.29 is 14.3 Å². The molecule has 1 heterocycles. The number of likely N-dealkylation sites (N-methyl/N-ethyl adjacent to an activating group) is 1. The van der Waals surface area contributed by atoms with E-state index in [4.69, 9.17) is 16.3 Å². The van der Waals surface area contributed by atoms with Gasteiger partial charge in [-0.2, -0.15) is 0 Å². The van der Waals surface area contributed by atoms with E-state index in [1.54, 1.807) is 13.0 Å². The Morgan fingerprint density at radius 2 is 1.79 bits per heavy atom. The van der Waals surface area contributed by atoms with Crippen molar-refractivity contribution in [2.45, 2.75) is 13.5 Å². The third-order valence-electron chi connectivity index (χ3n) is 4.74. The first-order valence-corrected chi connectivity index (χ1v) is 10.4. The number of carbonyl (C=O) groups excluding carboxylic acids is 2. The summed E-state index contributed by atoms with van der Waals surface area (Å²) in [5.41, 5.74) is 1.65. The molecule has 0 atom stereocenters. The van der Waals surface area contributed by atoms with Gasteiger partial charge in [0.25, 0.3) is 11.1 Å². The number of amides is 2. The van der Waals surface area contributed by atoms with Crippen molar-refractivity contribution in [1.82, 2.24) is 4.90 Å². The molecule has 0 bridgehead atoms. The molecule has 29 heavy (non-hydrogen) atoms.